The lowest BCUT2D eigenvalue weighted by atomic mass is 10.1. The summed E-state index contributed by atoms with van der Waals surface area (Å²) in [5, 5.41) is 4.90. The van der Waals surface area contributed by atoms with E-state index in [2.05, 4.69) is 5.32 Å². The van der Waals surface area contributed by atoms with E-state index in [9.17, 15) is 4.79 Å². The molecule has 0 spiro atoms. The van der Waals surface area contributed by atoms with Crippen molar-refractivity contribution in [3.05, 3.63) is 63.4 Å². The van der Waals surface area contributed by atoms with E-state index in [0.29, 0.717) is 13.2 Å². The molecule has 2 rings (SSSR count). The first-order chi connectivity index (χ1) is 10.2. The Hall–Kier alpha value is -1.91. The Morgan fingerprint density at radius 3 is 2.57 bits per heavy atom. The molecule has 3 nitrogen and oxygen atoms in total. The van der Waals surface area contributed by atoms with Crippen LogP contribution in [0.1, 0.15) is 21.6 Å². The Labute approximate surface area is 129 Å². The number of aryl methyl sites for hydroxylation is 1. The van der Waals surface area contributed by atoms with Gasteiger partial charge in [0.1, 0.15) is 0 Å². The van der Waals surface area contributed by atoms with Gasteiger partial charge in [-0.25, -0.2) is 0 Å². The molecular formula is C17H19NO2S. The molecule has 0 aliphatic heterocycles. The van der Waals surface area contributed by atoms with Crippen molar-refractivity contribution < 1.29 is 9.53 Å². The second kappa shape index (κ2) is 7.76. The van der Waals surface area contributed by atoms with E-state index >= 15 is 0 Å². The van der Waals surface area contributed by atoms with E-state index in [-0.39, 0.29) is 5.91 Å². The molecule has 0 aliphatic carbocycles. The zero-order valence-corrected chi connectivity index (χ0v) is 13.1. The molecule has 0 atom stereocenters. The van der Waals surface area contributed by atoms with Crippen LogP contribution in [0.2, 0.25) is 0 Å². The number of hydrogen-bond donors (Lipinski definition) is 1. The minimum Gasteiger partial charge on any atom is -0.380 e. The molecule has 0 radical (unpaired) electrons. The number of carbonyl (C=O) groups is 1. The van der Waals surface area contributed by atoms with E-state index in [1.807, 2.05) is 48.7 Å². The van der Waals surface area contributed by atoms with Crippen LogP contribution in [0.15, 0.2) is 41.8 Å². The molecule has 1 amide bonds. The maximum atomic E-state index is 11.8. The average Bonchev–Trinajstić information content (AvgIpc) is 2.90. The summed E-state index contributed by atoms with van der Waals surface area (Å²) in [5.74, 6) is -0.0798. The topological polar surface area (TPSA) is 38.3 Å². The van der Waals surface area contributed by atoms with Crippen molar-refractivity contribution in [2.45, 2.75) is 20.1 Å². The van der Waals surface area contributed by atoms with E-state index in [1.165, 1.54) is 5.56 Å². The summed E-state index contributed by atoms with van der Waals surface area (Å²) >= 11 is 1.63. The van der Waals surface area contributed by atoms with Crippen molar-refractivity contribution in [1.82, 2.24) is 5.32 Å². The predicted octanol–water partition coefficient (Wildman–Crippen LogP) is 3.53. The quantitative estimate of drug-likeness (QED) is 0.829. The number of thiophene rings is 1. The Balaban J connectivity index is 1.83. The summed E-state index contributed by atoms with van der Waals surface area (Å²) in [4.78, 5) is 12.9. The fourth-order valence-electron chi connectivity index (χ4n) is 1.87. The summed E-state index contributed by atoms with van der Waals surface area (Å²) in [6.07, 6.45) is 3.44. The standard InChI is InChI=1S/C17H19NO2S/c1-13-9-10-21-16(13)7-8-17(19)18-11-14-3-5-15(6-4-14)12-20-2/h3-10H,11-12H2,1-2H3,(H,18,19)/b8-7+. The Morgan fingerprint density at radius 2 is 1.95 bits per heavy atom. The van der Waals surface area contributed by atoms with Crippen molar-refractivity contribution in [2.75, 3.05) is 7.11 Å². The van der Waals surface area contributed by atoms with Crippen molar-refractivity contribution >= 4 is 23.3 Å². The predicted molar refractivity (Wildman–Crippen MR) is 87.1 cm³/mol. The Bertz CT molecular complexity index is 614. The first-order valence-corrected chi connectivity index (χ1v) is 7.64. The minimum absolute atomic E-state index is 0.0798. The van der Waals surface area contributed by atoms with Gasteiger partial charge in [-0.2, -0.15) is 0 Å². The van der Waals surface area contributed by atoms with E-state index in [4.69, 9.17) is 4.74 Å². The van der Waals surface area contributed by atoms with Gasteiger partial charge in [-0.3, -0.25) is 4.79 Å². The molecule has 1 aromatic carbocycles. The zero-order valence-electron chi connectivity index (χ0n) is 12.3. The number of rotatable bonds is 6. The highest BCUT2D eigenvalue weighted by atomic mass is 32.1. The van der Waals surface area contributed by atoms with Crippen LogP contribution in [0, 0.1) is 6.92 Å². The lowest BCUT2D eigenvalue weighted by Crippen LogP contribution is -2.20. The monoisotopic (exact) mass is 301 g/mol. The van der Waals surface area contributed by atoms with Crippen LogP contribution in [0.5, 0.6) is 0 Å². The molecule has 0 saturated heterocycles. The van der Waals surface area contributed by atoms with Crippen molar-refractivity contribution in [1.29, 1.82) is 0 Å². The second-order valence-corrected chi connectivity index (χ2v) is 5.72. The molecule has 2 aromatic rings. The van der Waals surface area contributed by atoms with E-state index < -0.39 is 0 Å². The molecule has 110 valence electrons. The number of benzene rings is 1. The SMILES string of the molecule is COCc1ccc(CNC(=O)/C=C/c2sccc2C)cc1. The van der Waals surface area contributed by atoms with Gasteiger partial charge in [-0.1, -0.05) is 24.3 Å². The van der Waals surface area contributed by atoms with Crippen LogP contribution < -0.4 is 5.32 Å². The normalized spacial score (nSPS) is 11.0. The van der Waals surface area contributed by atoms with Crippen molar-refractivity contribution in [3.63, 3.8) is 0 Å². The largest absolute Gasteiger partial charge is 0.380 e. The van der Waals surface area contributed by atoms with Gasteiger partial charge in [0.15, 0.2) is 0 Å². The van der Waals surface area contributed by atoms with Gasteiger partial charge < -0.3 is 10.1 Å². The summed E-state index contributed by atoms with van der Waals surface area (Å²) in [7, 11) is 1.68. The molecule has 1 heterocycles. The molecule has 0 unspecified atom stereocenters. The lowest BCUT2D eigenvalue weighted by molar-refractivity contribution is -0.116. The van der Waals surface area contributed by atoms with Gasteiger partial charge in [-0.05, 0) is 41.1 Å². The van der Waals surface area contributed by atoms with Gasteiger partial charge in [-0.15, -0.1) is 11.3 Å². The van der Waals surface area contributed by atoms with Gasteiger partial charge in [0.05, 0.1) is 6.61 Å². The first kappa shape index (κ1) is 15.5. The number of hydrogen-bond acceptors (Lipinski definition) is 3. The number of amides is 1. The van der Waals surface area contributed by atoms with Gasteiger partial charge in [0, 0.05) is 24.6 Å². The van der Waals surface area contributed by atoms with Gasteiger partial charge in [0.25, 0.3) is 0 Å². The van der Waals surface area contributed by atoms with Gasteiger partial charge >= 0.3 is 0 Å². The smallest absolute Gasteiger partial charge is 0.244 e. The highest BCUT2D eigenvalue weighted by molar-refractivity contribution is 7.11. The highest BCUT2D eigenvalue weighted by Crippen LogP contribution is 2.16. The lowest BCUT2D eigenvalue weighted by Gasteiger charge is -2.04. The number of methoxy groups -OCH3 is 1. The van der Waals surface area contributed by atoms with E-state index in [0.717, 1.165) is 16.0 Å². The van der Waals surface area contributed by atoms with Crippen molar-refractivity contribution in [3.8, 4) is 0 Å². The molecule has 21 heavy (non-hydrogen) atoms. The summed E-state index contributed by atoms with van der Waals surface area (Å²) in [6, 6.07) is 10.1. The van der Waals surface area contributed by atoms with E-state index in [1.54, 1.807) is 24.5 Å². The molecule has 0 fully saturated rings. The van der Waals surface area contributed by atoms with Gasteiger partial charge in [0.2, 0.25) is 5.91 Å². The fourth-order valence-corrected chi connectivity index (χ4v) is 2.69. The third kappa shape index (κ3) is 4.85. The summed E-state index contributed by atoms with van der Waals surface area (Å²) in [5.41, 5.74) is 3.39. The van der Waals surface area contributed by atoms with Crippen LogP contribution in [-0.2, 0) is 22.7 Å². The third-order valence-electron chi connectivity index (χ3n) is 3.09. The fraction of sp³-hybridized carbons (Fsp3) is 0.235. The maximum absolute atomic E-state index is 11.8. The number of carbonyl (C=O) groups excluding carboxylic acids is 1. The average molecular weight is 301 g/mol. The maximum Gasteiger partial charge on any atom is 0.244 e. The third-order valence-corrected chi connectivity index (χ3v) is 4.07. The second-order valence-electron chi connectivity index (χ2n) is 4.77. The molecule has 1 N–H and O–H groups in total. The van der Waals surface area contributed by atoms with Crippen LogP contribution in [0.25, 0.3) is 6.08 Å². The molecule has 0 aliphatic rings. The van der Waals surface area contributed by atoms with Crippen molar-refractivity contribution in [2.24, 2.45) is 0 Å². The van der Waals surface area contributed by atoms with Crippen LogP contribution >= 0.6 is 11.3 Å². The molecule has 4 heteroatoms. The first-order valence-electron chi connectivity index (χ1n) is 6.76. The molecule has 0 bridgehead atoms. The van der Waals surface area contributed by atoms with Crippen LogP contribution in [0.3, 0.4) is 0 Å². The van der Waals surface area contributed by atoms with Crippen LogP contribution in [-0.4, -0.2) is 13.0 Å². The highest BCUT2D eigenvalue weighted by Gasteiger charge is 1.99. The number of ether oxygens (including phenoxy) is 1. The number of nitrogens with one attached hydrogen (secondary N) is 1. The molecule has 1 aromatic heterocycles. The Morgan fingerprint density at radius 1 is 1.24 bits per heavy atom. The van der Waals surface area contributed by atoms with Crippen LogP contribution in [0.4, 0.5) is 0 Å². The minimum atomic E-state index is -0.0798. The summed E-state index contributed by atoms with van der Waals surface area (Å²) in [6.45, 7) is 3.17. The molecule has 0 saturated carbocycles. The summed E-state index contributed by atoms with van der Waals surface area (Å²) < 4.78 is 5.07. The zero-order chi connectivity index (χ0) is 15.1. The Kier molecular flexibility index (Phi) is 5.72. The molecular weight excluding hydrogens is 282 g/mol.